The molecular weight excluding hydrogens is 360 g/mol. The Bertz CT molecular complexity index is 809. The molecule has 5 heteroatoms. The van der Waals surface area contributed by atoms with Crippen molar-refractivity contribution in [3.8, 4) is 0 Å². The summed E-state index contributed by atoms with van der Waals surface area (Å²) in [6, 6.07) is 14.8. The van der Waals surface area contributed by atoms with Gasteiger partial charge in [-0.05, 0) is 60.7 Å². The predicted molar refractivity (Wildman–Crippen MR) is 110 cm³/mol. The van der Waals surface area contributed by atoms with E-state index < -0.39 is 5.41 Å². The molecule has 0 atom stereocenters. The van der Waals surface area contributed by atoms with E-state index in [2.05, 4.69) is 10.6 Å². The molecule has 1 aliphatic carbocycles. The maximum Gasteiger partial charge on any atom is 0.235 e. The van der Waals surface area contributed by atoms with E-state index in [1.54, 1.807) is 0 Å². The molecule has 1 saturated carbocycles. The second-order valence-corrected chi connectivity index (χ2v) is 8.06. The Morgan fingerprint density at radius 2 is 1.52 bits per heavy atom. The second-order valence-electron chi connectivity index (χ2n) is 7.62. The molecule has 0 bridgehead atoms. The largest absolute Gasteiger partial charge is 0.326 e. The van der Waals surface area contributed by atoms with Crippen molar-refractivity contribution in [2.24, 2.45) is 5.92 Å². The van der Waals surface area contributed by atoms with Gasteiger partial charge in [0, 0.05) is 22.8 Å². The molecule has 27 heavy (non-hydrogen) atoms. The third-order valence-corrected chi connectivity index (χ3v) is 5.31. The zero-order valence-electron chi connectivity index (χ0n) is 15.7. The van der Waals surface area contributed by atoms with Gasteiger partial charge in [0.1, 0.15) is 0 Å². The van der Waals surface area contributed by atoms with Crippen LogP contribution in [-0.2, 0) is 15.0 Å². The Morgan fingerprint density at radius 1 is 0.963 bits per heavy atom. The van der Waals surface area contributed by atoms with Crippen LogP contribution in [0.5, 0.6) is 0 Å². The highest BCUT2D eigenvalue weighted by atomic mass is 35.5. The molecule has 0 unspecified atom stereocenters. The first-order valence-corrected chi connectivity index (χ1v) is 9.74. The smallest absolute Gasteiger partial charge is 0.235 e. The summed E-state index contributed by atoms with van der Waals surface area (Å²) < 4.78 is 0. The summed E-state index contributed by atoms with van der Waals surface area (Å²) in [5.74, 6) is 0.320. The molecule has 142 valence electrons. The lowest BCUT2D eigenvalue weighted by atomic mass is 9.64. The Kier molecular flexibility index (Phi) is 5.85. The first-order chi connectivity index (χ1) is 12.9. The number of carbonyl (C=O) groups excluding carboxylic acids is 2. The van der Waals surface area contributed by atoms with Gasteiger partial charge in [-0.25, -0.2) is 0 Å². The van der Waals surface area contributed by atoms with Gasteiger partial charge in [0.2, 0.25) is 11.8 Å². The van der Waals surface area contributed by atoms with Crippen molar-refractivity contribution in [2.75, 3.05) is 10.6 Å². The number of amides is 2. The van der Waals surface area contributed by atoms with Crippen molar-refractivity contribution in [1.29, 1.82) is 0 Å². The molecule has 1 aliphatic rings. The van der Waals surface area contributed by atoms with E-state index >= 15 is 0 Å². The number of hydrogen-bond donors (Lipinski definition) is 2. The van der Waals surface area contributed by atoms with Gasteiger partial charge in [0.25, 0.3) is 0 Å². The van der Waals surface area contributed by atoms with E-state index in [1.807, 2.05) is 62.4 Å². The Balaban J connectivity index is 1.66. The number of carbonyl (C=O) groups is 2. The number of anilines is 2. The molecule has 3 rings (SSSR count). The third kappa shape index (κ3) is 4.51. The van der Waals surface area contributed by atoms with E-state index in [4.69, 9.17) is 11.6 Å². The van der Waals surface area contributed by atoms with Crippen LogP contribution in [0.2, 0.25) is 5.02 Å². The number of hydrogen-bond acceptors (Lipinski definition) is 2. The van der Waals surface area contributed by atoms with Crippen molar-refractivity contribution in [3.05, 3.63) is 59.1 Å². The van der Waals surface area contributed by atoms with E-state index in [9.17, 15) is 9.59 Å². The third-order valence-electron chi connectivity index (χ3n) is 5.06. The quantitative estimate of drug-likeness (QED) is 0.701. The van der Waals surface area contributed by atoms with Gasteiger partial charge >= 0.3 is 0 Å². The normalized spacial score (nSPS) is 15.1. The minimum Gasteiger partial charge on any atom is -0.326 e. The summed E-state index contributed by atoms with van der Waals surface area (Å²) in [5, 5.41) is 6.57. The van der Waals surface area contributed by atoms with Crippen molar-refractivity contribution >= 4 is 34.8 Å². The van der Waals surface area contributed by atoms with Gasteiger partial charge < -0.3 is 10.6 Å². The first kappa shape index (κ1) is 19.4. The highest BCUT2D eigenvalue weighted by molar-refractivity contribution is 6.30. The molecule has 0 heterocycles. The minimum atomic E-state index is -0.477. The first-order valence-electron chi connectivity index (χ1n) is 9.36. The number of rotatable bonds is 6. The fourth-order valence-corrected chi connectivity index (χ4v) is 3.54. The monoisotopic (exact) mass is 384 g/mol. The fraction of sp³-hybridized carbons (Fsp3) is 0.364. The molecule has 4 nitrogen and oxygen atoms in total. The summed E-state index contributed by atoms with van der Waals surface area (Å²) in [4.78, 5) is 24.8. The van der Waals surface area contributed by atoms with E-state index in [0.29, 0.717) is 17.4 Å². The molecule has 0 aromatic heterocycles. The summed E-state index contributed by atoms with van der Waals surface area (Å²) in [6.07, 6.45) is 3.20. The summed E-state index contributed by atoms with van der Waals surface area (Å²) in [5.41, 5.74) is 1.99. The number of benzene rings is 2. The molecule has 2 aromatic carbocycles. The van der Waals surface area contributed by atoms with Gasteiger partial charge in [-0.2, -0.15) is 0 Å². The van der Waals surface area contributed by atoms with Crippen LogP contribution < -0.4 is 10.6 Å². The maximum atomic E-state index is 13.0. The van der Waals surface area contributed by atoms with Crippen LogP contribution in [0.4, 0.5) is 11.4 Å². The van der Waals surface area contributed by atoms with Gasteiger partial charge in [0.05, 0.1) is 5.41 Å². The molecule has 2 amide bonds. The van der Waals surface area contributed by atoms with Crippen LogP contribution >= 0.6 is 11.6 Å². The van der Waals surface area contributed by atoms with E-state index in [0.717, 1.165) is 36.2 Å². The molecule has 0 saturated heterocycles. The van der Waals surface area contributed by atoms with E-state index in [-0.39, 0.29) is 11.8 Å². The Morgan fingerprint density at radius 3 is 2.00 bits per heavy atom. The fourth-order valence-electron chi connectivity index (χ4n) is 3.42. The predicted octanol–water partition coefficient (Wildman–Crippen LogP) is 5.39. The van der Waals surface area contributed by atoms with Gasteiger partial charge in [-0.15, -0.1) is 0 Å². The van der Waals surface area contributed by atoms with Crippen molar-refractivity contribution in [2.45, 2.75) is 44.9 Å². The average molecular weight is 385 g/mol. The topological polar surface area (TPSA) is 58.2 Å². The molecule has 0 spiro atoms. The Hall–Kier alpha value is -2.33. The lowest BCUT2D eigenvalue weighted by Crippen LogP contribution is -2.45. The van der Waals surface area contributed by atoms with Crippen LogP contribution in [0, 0.1) is 5.92 Å². The molecule has 1 fully saturated rings. The van der Waals surface area contributed by atoms with Crippen LogP contribution in [-0.4, -0.2) is 11.8 Å². The lowest BCUT2D eigenvalue weighted by molar-refractivity contribution is -0.124. The summed E-state index contributed by atoms with van der Waals surface area (Å²) in [6.45, 7) is 4.02. The molecular formula is C22H25ClN2O2. The molecule has 2 N–H and O–H groups in total. The van der Waals surface area contributed by atoms with Crippen LogP contribution in [0.25, 0.3) is 0 Å². The van der Waals surface area contributed by atoms with Crippen molar-refractivity contribution in [1.82, 2.24) is 0 Å². The van der Waals surface area contributed by atoms with Crippen LogP contribution in [0.1, 0.15) is 45.1 Å². The molecule has 0 aliphatic heterocycles. The van der Waals surface area contributed by atoms with Crippen LogP contribution in [0.3, 0.4) is 0 Å². The standard InChI is InChI=1S/C22H25ClN2O2/c1-15(2)14-20(26)24-18-8-10-19(11-9-18)25-21(27)22(12-3-13-22)16-4-6-17(23)7-5-16/h4-11,15H,3,12-14H2,1-2H3,(H,24,26)(H,25,27). The van der Waals surface area contributed by atoms with Gasteiger partial charge in [0.15, 0.2) is 0 Å². The van der Waals surface area contributed by atoms with Gasteiger partial charge in [-0.3, -0.25) is 9.59 Å². The molecule has 0 radical (unpaired) electrons. The summed E-state index contributed by atoms with van der Waals surface area (Å²) in [7, 11) is 0. The lowest BCUT2D eigenvalue weighted by Gasteiger charge is -2.40. The maximum absolute atomic E-state index is 13.0. The Labute approximate surface area is 165 Å². The summed E-state index contributed by atoms with van der Waals surface area (Å²) >= 11 is 5.98. The zero-order chi connectivity index (χ0) is 19.4. The zero-order valence-corrected chi connectivity index (χ0v) is 16.5. The van der Waals surface area contributed by atoms with Crippen LogP contribution in [0.15, 0.2) is 48.5 Å². The van der Waals surface area contributed by atoms with Crippen molar-refractivity contribution in [3.63, 3.8) is 0 Å². The van der Waals surface area contributed by atoms with Crippen molar-refractivity contribution < 1.29 is 9.59 Å². The molecule has 2 aromatic rings. The van der Waals surface area contributed by atoms with E-state index in [1.165, 1.54) is 0 Å². The average Bonchev–Trinajstić information content (AvgIpc) is 2.56. The minimum absolute atomic E-state index is 0.00190. The SMILES string of the molecule is CC(C)CC(=O)Nc1ccc(NC(=O)C2(c3ccc(Cl)cc3)CCC2)cc1. The highest BCUT2D eigenvalue weighted by Crippen LogP contribution is 2.44. The van der Waals surface area contributed by atoms with Gasteiger partial charge in [-0.1, -0.05) is 44.0 Å². The second kappa shape index (κ2) is 8.13. The number of nitrogens with one attached hydrogen (secondary N) is 2. The highest BCUT2D eigenvalue weighted by Gasteiger charge is 2.45. The number of halogens is 1.